The monoisotopic (exact) mass is 121 g/mol. The second-order valence-corrected chi connectivity index (χ2v) is 2.89. The predicted molar refractivity (Wildman–Crippen MR) is 34.9 cm³/mol. The van der Waals surface area contributed by atoms with Gasteiger partial charge in [0, 0.05) is 5.25 Å². The molecule has 0 aromatic heterocycles. The third kappa shape index (κ3) is 2.91. The molecule has 1 unspecified atom stereocenters. The molecule has 0 amide bonds. The summed E-state index contributed by atoms with van der Waals surface area (Å²) in [5.41, 5.74) is 0. The molecule has 1 atom stereocenters. The van der Waals surface area contributed by atoms with E-state index in [2.05, 4.69) is 13.8 Å². The van der Waals surface area contributed by atoms with Crippen LogP contribution in [-0.2, 0) is 0 Å². The summed E-state index contributed by atoms with van der Waals surface area (Å²) in [6.45, 7) is 4.28. The first-order valence-corrected chi connectivity index (χ1v) is 3.90. The molecule has 0 aliphatic carbocycles. The van der Waals surface area contributed by atoms with E-state index in [0.29, 0.717) is 5.25 Å². The Balaban J connectivity index is 2.75. The Morgan fingerprint density at radius 2 is 2.33 bits per heavy atom. The lowest BCUT2D eigenvalue weighted by Crippen LogP contribution is -1.85. The molecule has 0 spiro atoms. The molecule has 0 bridgehead atoms. The van der Waals surface area contributed by atoms with E-state index in [4.69, 9.17) is 11.7 Å². The standard InChI is InChI=1S/C4H9S2/c1-3-4(2)6-5/h4H,3H2,1-2H3. The molecule has 0 aliphatic heterocycles. The van der Waals surface area contributed by atoms with Crippen LogP contribution in [0.4, 0.5) is 0 Å². The topological polar surface area (TPSA) is 0 Å². The van der Waals surface area contributed by atoms with Crippen molar-refractivity contribution in [1.29, 1.82) is 0 Å². The fourth-order valence-corrected chi connectivity index (χ4v) is 0.612. The Kier molecular flexibility index (Phi) is 4.33. The van der Waals surface area contributed by atoms with Gasteiger partial charge in [-0.1, -0.05) is 24.6 Å². The molecule has 0 heterocycles. The quantitative estimate of drug-likeness (QED) is 0.506. The largest absolute Gasteiger partial charge is 0.0786 e. The van der Waals surface area contributed by atoms with E-state index in [0.717, 1.165) is 0 Å². The SMILES string of the molecule is CCC(C)S[S]. The fraction of sp³-hybridized carbons (Fsp3) is 1.00. The van der Waals surface area contributed by atoms with E-state index in [1.807, 2.05) is 0 Å². The highest BCUT2D eigenvalue weighted by Crippen LogP contribution is 2.15. The van der Waals surface area contributed by atoms with Gasteiger partial charge in [-0.25, -0.2) is 0 Å². The van der Waals surface area contributed by atoms with Gasteiger partial charge in [-0.05, 0) is 18.1 Å². The van der Waals surface area contributed by atoms with E-state index >= 15 is 0 Å². The van der Waals surface area contributed by atoms with Crippen LogP contribution in [-0.4, -0.2) is 5.25 Å². The van der Waals surface area contributed by atoms with Crippen molar-refractivity contribution < 1.29 is 0 Å². The van der Waals surface area contributed by atoms with Crippen LogP contribution in [0.2, 0.25) is 0 Å². The van der Waals surface area contributed by atoms with Gasteiger partial charge in [0.05, 0.1) is 0 Å². The van der Waals surface area contributed by atoms with Crippen LogP contribution in [0.25, 0.3) is 0 Å². The van der Waals surface area contributed by atoms with E-state index in [1.165, 1.54) is 17.2 Å². The second kappa shape index (κ2) is 3.88. The highest BCUT2D eigenvalue weighted by atomic mass is 33.1. The molecule has 6 heavy (non-hydrogen) atoms. The molecule has 0 fully saturated rings. The molecule has 0 N–H and O–H groups in total. The van der Waals surface area contributed by atoms with Crippen LogP contribution >= 0.6 is 22.5 Å². The maximum atomic E-state index is 4.69. The van der Waals surface area contributed by atoms with Crippen molar-refractivity contribution in [3.63, 3.8) is 0 Å². The summed E-state index contributed by atoms with van der Waals surface area (Å²) >= 11 is 4.69. The fourth-order valence-electron chi connectivity index (χ4n) is 0.0680. The first-order valence-electron chi connectivity index (χ1n) is 2.10. The summed E-state index contributed by atoms with van der Waals surface area (Å²) in [6, 6.07) is 0. The van der Waals surface area contributed by atoms with Gasteiger partial charge in [0.2, 0.25) is 0 Å². The lowest BCUT2D eigenvalue weighted by molar-refractivity contribution is 0.912. The number of hydrogen-bond acceptors (Lipinski definition) is 1. The Labute approximate surface area is 48.5 Å². The maximum absolute atomic E-state index is 4.69. The van der Waals surface area contributed by atoms with Gasteiger partial charge < -0.3 is 0 Å². The molecule has 0 aliphatic rings. The minimum Gasteiger partial charge on any atom is -0.0786 e. The average Bonchev–Trinajstić information content (AvgIpc) is 1.65. The van der Waals surface area contributed by atoms with Crippen LogP contribution in [0.3, 0.4) is 0 Å². The van der Waals surface area contributed by atoms with Gasteiger partial charge in [-0.2, -0.15) is 0 Å². The normalized spacial score (nSPS) is 14.5. The van der Waals surface area contributed by atoms with Crippen LogP contribution in [0.5, 0.6) is 0 Å². The van der Waals surface area contributed by atoms with Crippen molar-refractivity contribution in [3.05, 3.63) is 0 Å². The van der Waals surface area contributed by atoms with Crippen molar-refractivity contribution in [1.82, 2.24) is 0 Å². The molecule has 0 aromatic carbocycles. The number of hydrogen-bond donors (Lipinski definition) is 0. The van der Waals surface area contributed by atoms with E-state index in [9.17, 15) is 0 Å². The molecular weight excluding hydrogens is 112 g/mol. The Bertz CT molecular complexity index is 24.7. The molecule has 37 valence electrons. The zero-order chi connectivity index (χ0) is 4.99. The minimum atomic E-state index is 0.667. The van der Waals surface area contributed by atoms with Gasteiger partial charge in [-0.15, -0.1) is 0 Å². The van der Waals surface area contributed by atoms with Crippen molar-refractivity contribution in [3.8, 4) is 0 Å². The predicted octanol–water partition coefficient (Wildman–Crippen LogP) is 2.63. The molecule has 0 rings (SSSR count). The summed E-state index contributed by atoms with van der Waals surface area (Å²) in [6.07, 6.45) is 1.19. The maximum Gasteiger partial charge on any atom is 0.0129 e. The lowest BCUT2D eigenvalue weighted by Gasteiger charge is -1.96. The summed E-state index contributed by atoms with van der Waals surface area (Å²) < 4.78 is 0. The summed E-state index contributed by atoms with van der Waals surface area (Å²) in [5, 5.41) is 0.667. The molecule has 0 saturated carbocycles. The smallest absolute Gasteiger partial charge is 0.0129 e. The van der Waals surface area contributed by atoms with E-state index < -0.39 is 0 Å². The Hall–Kier alpha value is 0.700. The van der Waals surface area contributed by atoms with Crippen LogP contribution in [0, 0.1) is 0 Å². The molecule has 0 nitrogen and oxygen atoms in total. The first kappa shape index (κ1) is 6.70. The Morgan fingerprint density at radius 3 is 2.33 bits per heavy atom. The third-order valence-corrected chi connectivity index (χ3v) is 2.39. The lowest BCUT2D eigenvalue weighted by atomic mass is 10.4. The van der Waals surface area contributed by atoms with Crippen molar-refractivity contribution in [2.75, 3.05) is 0 Å². The minimum absolute atomic E-state index is 0.667. The van der Waals surface area contributed by atoms with E-state index in [1.54, 1.807) is 0 Å². The molecule has 0 saturated heterocycles. The van der Waals surface area contributed by atoms with Gasteiger partial charge in [0.15, 0.2) is 0 Å². The highest BCUT2D eigenvalue weighted by Gasteiger charge is 1.91. The third-order valence-electron chi connectivity index (χ3n) is 0.739. The molecule has 1 radical (unpaired) electrons. The van der Waals surface area contributed by atoms with Crippen LogP contribution < -0.4 is 0 Å². The summed E-state index contributed by atoms with van der Waals surface area (Å²) in [5.74, 6) is 0. The van der Waals surface area contributed by atoms with Crippen molar-refractivity contribution in [2.45, 2.75) is 25.5 Å². The van der Waals surface area contributed by atoms with Crippen molar-refractivity contribution >= 4 is 22.5 Å². The molecule has 0 aromatic rings. The first-order chi connectivity index (χ1) is 2.81. The van der Waals surface area contributed by atoms with E-state index in [-0.39, 0.29) is 0 Å². The van der Waals surface area contributed by atoms with Gasteiger partial charge in [-0.3, -0.25) is 0 Å². The zero-order valence-electron chi connectivity index (χ0n) is 4.10. The highest BCUT2D eigenvalue weighted by molar-refractivity contribution is 8.68. The van der Waals surface area contributed by atoms with Gasteiger partial charge in [0.1, 0.15) is 0 Å². The summed E-state index contributed by atoms with van der Waals surface area (Å²) in [4.78, 5) is 0. The van der Waals surface area contributed by atoms with Crippen molar-refractivity contribution in [2.24, 2.45) is 0 Å². The van der Waals surface area contributed by atoms with Crippen LogP contribution in [0.15, 0.2) is 0 Å². The molecule has 2 heteroatoms. The second-order valence-electron chi connectivity index (χ2n) is 1.32. The zero-order valence-corrected chi connectivity index (χ0v) is 5.73. The Morgan fingerprint density at radius 1 is 1.83 bits per heavy atom. The van der Waals surface area contributed by atoms with Gasteiger partial charge in [0.25, 0.3) is 0 Å². The van der Waals surface area contributed by atoms with Crippen LogP contribution in [0.1, 0.15) is 20.3 Å². The summed E-state index contributed by atoms with van der Waals surface area (Å²) in [7, 11) is 1.51. The number of rotatable bonds is 2. The molecular formula is C4H9S2. The van der Waals surface area contributed by atoms with Gasteiger partial charge >= 0.3 is 0 Å². The average molecular weight is 121 g/mol.